The van der Waals surface area contributed by atoms with E-state index < -0.39 is 0 Å². The number of hydrogen-bond acceptors (Lipinski definition) is 4. The van der Waals surface area contributed by atoms with Crippen LogP contribution in [0.3, 0.4) is 0 Å². The number of likely N-dealkylation sites (N-methyl/N-ethyl adjacent to an activating group) is 1. The number of nitrogens with zero attached hydrogens (tertiary/aromatic N) is 3. The summed E-state index contributed by atoms with van der Waals surface area (Å²) < 4.78 is 6.04. The number of rotatable bonds is 5. The van der Waals surface area contributed by atoms with E-state index in [1.54, 1.807) is 0 Å². The summed E-state index contributed by atoms with van der Waals surface area (Å²) in [4.78, 5) is 20.6. The third kappa shape index (κ3) is 4.55. The summed E-state index contributed by atoms with van der Waals surface area (Å²) in [6, 6.07) is 17.0. The Hall–Kier alpha value is -2.37. The third-order valence-corrected chi connectivity index (χ3v) is 7.50. The van der Waals surface area contributed by atoms with Crippen LogP contribution in [0.25, 0.3) is 0 Å². The van der Waals surface area contributed by atoms with Gasteiger partial charge in [-0.2, -0.15) is 0 Å². The number of amides is 1. The van der Waals surface area contributed by atoms with Crippen molar-refractivity contribution >= 4 is 5.91 Å². The number of ether oxygens (including phenoxy) is 1. The van der Waals surface area contributed by atoms with Crippen LogP contribution in [0.2, 0.25) is 0 Å². The van der Waals surface area contributed by atoms with Gasteiger partial charge in [-0.1, -0.05) is 36.4 Å². The molecule has 1 atom stereocenters. The van der Waals surface area contributed by atoms with Gasteiger partial charge >= 0.3 is 0 Å². The molecule has 32 heavy (non-hydrogen) atoms. The Morgan fingerprint density at radius 3 is 2.47 bits per heavy atom. The monoisotopic (exact) mass is 433 g/mol. The number of fused-ring (bicyclic) bond motifs is 1. The van der Waals surface area contributed by atoms with Gasteiger partial charge in [-0.15, -0.1) is 0 Å². The van der Waals surface area contributed by atoms with Crippen molar-refractivity contribution in [1.82, 2.24) is 14.7 Å². The number of hydrogen-bond donors (Lipinski definition) is 0. The first-order valence-corrected chi connectivity index (χ1v) is 12.2. The Labute approximate surface area is 191 Å². The van der Waals surface area contributed by atoms with Crippen LogP contribution in [0.1, 0.15) is 48.4 Å². The maximum absolute atomic E-state index is 13.6. The van der Waals surface area contributed by atoms with Gasteiger partial charge in [0.1, 0.15) is 18.4 Å². The topological polar surface area (TPSA) is 36.0 Å². The summed E-state index contributed by atoms with van der Waals surface area (Å²) in [5, 5.41) is 0. The van der Waals surface area contributed by atoms with Gasteiger partial charge in [0.05, 0.1) is 0 Å². The fraction of sp³-hybridized carbons (Fsp3) is 0.519. The van der Waals surface area contributed by atoms with Gasteiger partial charge in [-0.25, -0.2) is 0 Å². The first-order chi connectivity index (χ1) is 15.7. The molecule has 2 saturated heterocycles. The molecule has 5 nitrogen and oxygen atoms in total. The summed E-state index contributed by atoms with van der Waals surface area (Å²) in [6.45, 7) is 5.72. The Kier molecular flexibility index (Phi) is 6.47. The largest absolute Gasteiger partial charge is 0.489 e. The highest BCUT2D eigenvalue weighted by Crippen LogP contribution is 2.34. The lowest BCUT2D eigenvalue weighted by molar-refractivity contribution is -0.138. The minimum atomic E-state index is -0.176. The number of piperidine rings is 1. The van der Waals surface area contributed by atoms with E-state index in [1.165, 1.54) is 31.5 Å². The van der Waals surface area contributed by atoms with Crippen LogP contribution < -0.4 is 4.74 Å². The van der Waals surface area contributed by atoms with E-state index in [1.807, 2.05) is 24.3 Å². The van der Waals surface area contributed by atoms with Crippen molar-refractivity contribution in [2.24, 2.45) is 0 Å². The summed E-state index contributed by atoms with van der Waals surface area (Å²) in [7, 11) is 2.09. The van der Waals surface area contributed by atoms with Crippen molar-refractivity contribution in [3.8, 4) is 5.75 Å². The zero-order valence-corrected chi connectivity index (χ0v) is 19.2. The second-order valence-electron chi connectivity index (χ2n) is 9.57. The van der Waals surface area contributed by atoms with E-state index in [0.717, 1.165) is 55.8 Å². The van der Waals surface area contributed by atoms with E-state index in [9.17, 15) is 4.79 Å². The van der Waals surface area contributed by atoms with Crippen LogP contribution in [0.15, 0.2) is 48.5 Å². The molecule has 1 amide bonds. The Morgan fingerprint density at radius 1 is 0.969 bits per heavy atom. The summed E-state index contributed by atoms with van der Waals surface area (Å²) in [5.41, 5.74) is 3.56. The smallest absolute Gasteiger partial charge is 0.244 e. The Balaban J connectivity index is 1.25. The van der Waals surface area contributed by atoms with Gasteiger partial charge in [0.15, 0.2) is 0 Å². The normalized spacial score (nSPS) is 22.7. The standard InChI is InChI=1S/C27H35N3O2/c1-28-16-11-22-19-24(32-20-21-7-3-2-4-8-21)9-10-25(22)26(28)27(31)30-17-12-23(13-18-30)29-14-5-6-15-29/h2-4,7-10,19,23,26H,5-6,11-18,20H2,1H3. The molecular formula is C27H35N3O2. The van der Waals surface area contributed by atoms with Crippen LogP contribution in [0.5, 0.6) is 5.75 Å². The predicted octanol–water partition coefficient (Wildman–Crippen LogP) is 3.88. The fourth-order valence-corrected chi connectivity index (χ4v) is 5.61. The van der Waals surface area contributed by atoms with E-state index in [-0.39, 0.29) is 11.9 Å². The lowest BCUT2D eigenvalue weighted by atomic mass is 9.91. The quantitative estimate of drug-likeness (QED) is 0.717. The highest BCUT2D eigenvalue weighted by Gasteiger charge is 2.36. The number of carbonyl (C=O) groups is 1. The molecule has 0 aromatic heterocycles. The molecule has 5 heteroatoms. The van der Waals surface area contributed by atoms with Gasteiger partial charge < -0.3 is 14.5 Å². The maximum Gasteiger partial charge on any atom is 0.244 e. The molecule has 0 bridgehead atoms. The van der Waals surface area contributed by atoms with Crippen molar-refractivity contribution in [1.29, 1.82) is 0 Å². The Bertz CT molecular complexity index is 918. The number of benzene rings is 2. The van der Waals surface area contributed by atoms with Gasteiger partial charge in [0.25, 0.3) is 0 Å². The minimum Gasteiger partial charge on any atom is -0.489 e. The molecule has 3 aliphatic heterocycles. The summed E-state index contributed by atoms with van der Waals surface area (Å²) in [6.07, 6.45) is 5.84. The molecule has 2 aromatic rings. The molecule has 0 spiro atoms. The molecular weight excluding hydrogens is 398 g/mol. The molecule has 0 saturated carbocycles. The zero-order valence-electron chi connectivity index (χ0n) is 19.2. The molecule has 0 radical (unpaired) electrons. The van der Waals surface area contributed by atoms with Crippen molar-refractivity contribution in [2.75, 3.05) is 39.8 Å². The van der Waals surface area contributed by atoms with Gasteiger partial charge in [0.2, 0.25) is 5.91 Å². The molecule has 0 N–H and O–H groups in total. The average molecular weight is 434 g/mol. The van der Waals surface area contributed by atoms with Gasteiger partial charge in [-0.3, -0.25) is 9.69 Å². The lowest BCUT2D eigenvalue weighted by Gasteiger charge is -2.41. The fourth-order valence-electron chi connectivity index (χ4n) is 5.61. The first-order valence-electron chi connectivity index (χ1n) is 12.2. The van der Waals surface area contributed by atoms with E-state index in [0.29, 0.717) is 12.6 Å². The van der Waals surface area contributed by atoms with E-state index >= 15 is 0 Å². The molecule has 170 valence electrons. The van der Waals surface area contributed by atoms with Crippen molar-refractivity contribution in [3.63, 3.8) is 0 Å². The summed E-state index contributed by atoms with van der Waals surface area (Å²) >= 11 is 0. The minimum absolute atomic E-state index is 0.176. The summed E-state index contributed by atoms with van der Waals surface area (Å²) in [5.74, 6) is 1.15. The molecule has 0 aliphatic carbocycles. The van der Waals surface area contributed by atoms with E-state index in [2.05, 4.69) is 46.0 Å². The molecule has 2 fully saturated rings. The van der Waals surface area contributed by atoms with Crippen molar-refractivity contribution < 1.29 is 9.53 Å². The predicted molar refractivity (Wildman–Crippen MR) is 127 cm³/mol. The molecule has 3 aliphatic rings. The molecule has 1 unspecified atom stereocenters. The van der Waals surface area contributed by atoms with Crippen LogP contribution in [0, 0.1) is 0 Å². The van der Waals surface area contributed by atoms with Gasteiger partial charge in [0, 0.05) is 25.7 Å². The number of likely N-dealkylation sites (tertiary alicyclic amines) is 2. The SMILES string of the molecule is CN1CCc2cc(OCc3ccccc3)ccc2C1C(=O)N1CCC(N2CCCC2)CC1. The van der Waals surface area contributed by atoms with Crippen molar-refractivity contribution in [2.45, 2.75) is 50.8 Å². The van der Waals surface area contributed by atoms with Crippen molar-refractivity contribution in [3.05, 3.63) is 65.2 Å². The second-order valence-corrected chi connectivity index (χ2v) is 9.57. The highest BCUT2D eigenvalue weighted by molar-refractivity contribution is 5.84. The Morgan fingerprint density at radius 2 is 1.72 bits per heavy atom. The van der Waals surface area contributed by atoms with Crippen LogP contribution in [0.4, 0.5) is 0 Å². The zero-order chi connectivity index (χ0) is 21.9. The van der Waals surface area contributed by atoms with Crippen LogP contribution >= 0.6 is 0 Å². The third-order valence-electron chi connectivity index (χ3n) is 7.50. The lowest BCUT2D eigenvalue weighted by Crippen LogP contribution is -2.50. The van der Waals surface area contributed by atoms with Crippen LogP contribution in [-0.2, 0) is 17.8 Å². The molecule has 2 aromatic carbocycles. The second kappa shape index (κ2) is 9.63. The maximum atomic E-state index is 13.6. The van der Waals surface area contributed by atoms with Crippen LogP contribution in [-0.4, -0.2) is 66.4 Å². The average Bonchev–Trinajstić information content (AvgIpc) is 3.38. The first kappa shape index (κ1) is 21.5. The molecule has 5 rings (SSSR count). The van der Waals surface area contributed by atoms with E-state index in [4.69, 9.17) is 4.74 Å². The molecule has 3 heterocycles. The highest BCUT2D eigenvalue weighted by atomic mass is 16.5. The van der Waals surface area contributed by atoms with Gasteiger partial charge in [-0.05, 0) is 81.1 Å². The number of carbonyl (C=O) groups excluding carboxylic acids is 1.